The van der Waals surface area contributed by atoms with Crippen LogP contribution in [-0.4, -0.2) is 0 Å². The quantitative estimate of drug-likeness (QED) is 0.394. The van der Waals surface area contributed by atoms with Crippen LogP contribution in [0.3, 0.4) is 0 Å². The summed E-state index contributed by atoms with van der Waals surface area (Å²) in [6, 6.07) is 0. The van der Waals surface area contributed by atoms with Gasteiger partial charge in [-0.05, 0) is 0 Å². The summed E-state index contributed by atoms with van der Waals surface area (Å²) in [6.45, 7) is 0. The summed E-state index contributed by atoms with van der Waals surface area (Å²) in [7, 11) is 4.91. The lowest BCUT2D eigenvalue weighted by atomic mass is 11.3. The van der Waals surface area contributed by atoms with Gasteiger partial charge in [0.2, 0.25) is 0 Å². The Kier molecular flexibility index (Phi) is 4.14. The average molecular weight is 92.0 g/mol. The van der Waals surface area contributed by atoms with E-state index in [0.717, 1.165) is 0 Å². The summed E-state index contributed by atoms with van der Waals surface area (Å²) >= 11 is 0. The van der Waals surface area contributed by atoms with Crippen molar-refractivity contribution in [1.82, 2.24) is 0 Å². The highest BCUT2D eigenvalue weighted by molar-refractivity contribution is 7.25. The van der Waals surface area contributed by atoms with Crippen molar-refractivity contribution < 1.29 is 0 Å². The molecular weight excluding hydrogens is 86.0 g/mol. The van der Waals surface area contributed by atoms with Crippen molar-refractivity contribution in [3.8, 4) is 0 Å². The number of hydrogen-bond acceptors (Lipinski definition) is 0. The van der Waals surface area contributed by atoms with Crippen LogP contribution in [0.25, 0.3) is 0 Å². The molecule has 0 aromatic rings. The van der Waals surface area contributed by atoms with E-state index < -0.39 is 0 Å². The summed E-state index contributed by atoms with van der Waals surface area (Å²) < 4.78 is 0. The van der Waals surface area contributed by atoms with Gasteiger partial charge >= 0.3 is 0 Å². The summed E-state index contributed by atoms with van der Waals surface area (Å²) in [5.41, 5.74) is 0. The minimum atomic E-state index is 1.88. The molecule has 0 nitrogen and oxygen atoms in total. The first-order valence-electron chi connectivity index (χ1n) is 1.00. The van der Waals surface area contributed by atoms with E-state index in [1.54, 1.807) is 0 Å². The van der Waals surface area contributed by atoms with Gasteiger partial charge in [0.15, 0.2) is 0 Å². The minimum absolute atomic E-state index is 1.88. The fourth-order valence-electron chi connectivity index (χ4n) is 0. The van der Waals surface area contributed by atoms with Gasteiger partial charge in [-0.2, -0.15) is 0 Å². The lowest BCUT2D eigenvalue weighted by Gasteiger charge is -1.50. The van der Waals surface area contributed by atoms with Gasteiger partial charge in [0, 0.05) is 0 Å². The van der Waals surface area contributed by atoms with Crippen LogP contribution in [0.1, 0.15) is 0 Å². The predicted octanol–water partition coefficient (Wildman–Crippen LogP) is 1.21. The zero-order chi connectivity index (χ0) is 3.41. The third-order valence-electron chi connectivity index (χ3n) is 0.111. The fourth-order valence-corrected chi connectivity index (χ4v) is 0. The van der Waals surface area contributed by atoms with Crippen molar-refractivity contribution >= 4 is 18.5 Å². The molecule has 0 aliphatic carbocycles. The predicted molar refractivity (Wildman–Crippen MR) is 28.6 cm³/mol. The Bertz CT molecular complexity index is 19.2. The van der Waals surface area contributed by atoms with E-state index in [1.165, 1.54) is 0 Å². The van der Waals surface area contributed by atoms with Crippen LogP contribution in [0.2, 0.25) is 0 Å². The van der Waals surface area contributed by atoms with Crippen molar-refractivity contribution in [2.24, 2.45) is 0 Å². The van der Waals surface area contributed by atoms with Crippen molar-refractivity contribution in [1.29, 1.82) is 0 Å². The molecular formula is C2H6P2. The molecule has 24 valence electrons. The van der Waals surface area contributed by atoms with E-state index in [4.69, 9.17) is 0 Å². The van der Waals surface area contributed by atoms with Gasteiger partial charge in [0.05, 0.1) is 0 Å². The van der Waals surface area contributed by atoms with E-state index in [1.807, 2.05) is 11.6 Å². The second-order valence-electron chi connectivity index (χ2n) is 0.385. The maximum absolute atomic E-state index is 2.45. The Balaban J connectivity index is 2.55. The lowest BCUT2D eigenvalue weighted by Crippen LogP contribution is -1.07. The molecule has 0 amide bonds. The largest absolute Gasteiger partial charge is 0.114 e. The van der Waals surface area contributed by atoms with Gasteiger partial charge in [-0.25, -0.2) is 0 Å². The Hall–Kier alpha value is 0.600. The molecule has 2 atom stereocenters. The molecule has 0 saturated carbocycles. The Labute approximate surface area is 31.1 Å². The standard InChI is InChI=1S/C2H6P2/c3-1-2-4/h1-2H,3-4H2/b2-1+. The molecule has 0 aliphatic rings. The van der Waals surface area contributed by atoms with Gasteiger partial charge < -0.3 is 0 Å². The van der Waals surface area contributed by atoms with E-state index in [0.29, 0.717) is 0 Å². The molecule has 0 heterocycles. The first kappa shape index (κ1) is 4.60. The van der Waals surface area contributed by atoms with Crippen molar-refractivity contribution in [3.63, 3.8) is 0 Å². The summed E-state index contributed by atoms with van der Waals surface area (Å²) in [5, 5.41) is 0. The zero-order valence-corrected chi connectivity index (χ0v) is 4.62. The van der Waals surface area contributed by atoms with E-state index in [9.17, 15) is 0 Å². The topological polar surface area (TPSA) is 0 Å². The van der Waals surface area contributed by atoms with Crippen molar-refractivity contribution in [3.05, 3.63) is 11.6 Å². The smallest absolute Gasteiger partial charge is 0.0663 e. The molecule has 0 fully saturated rings. The summed E-state index contributed by atoms with van der Waals surface area (Å²) in [4.78, 5) is 0. The molecule has 2 unspecified atom stereocenters. The van der Waals surface area contributed by atoms with Crippen LogP contribution in [-0.2, 0) is 0 Å². The Morgan fingerprint density at radius 2 is 1.25 bits per heavy atom. The monoisotopic (exact) mass is 92.0 g/mol. The van der Waals surface area contributed by atoms with Gasteiger partial charge in [-0.1, -0.05) is 11.6 Å². The summed E-state index contributed by atoms with van der Waals surface area (Å²) in [5.74, 6) is 3.76. The maximum Gasteiger partial charge on any atom is -0.0663 e. The molecule has 0 aliphatic heterocycles. The number of rotatable bonds is 0. The third-order valence-corrected chi connectivity index (χ3v) is 1.00. The Morgan fingerprint density at radius 1 is 1.00 bits per heavy atom. The van der Waals surface area contributed by atoms with Crippen molar-refractivity contribution in [2.75, 3.05) is 0 Å². The second-order valence-corrected chi connectivity index (χ2v) is 1.15. The van der Waals surface area contributed by atoms with Crippen LogP contribution in [0.4, 0.5) is 0 Å². The van der Waals surface area contributed by atoms with Crippen LogP contribution < -0.4 is 0 Å². The molecule has 0 spiro atoms. The maximum atomic E-state index is 2.45. The lowest BCUT2D eigenvalue weighted by molar-refractivity contribution is 2.58. The highest BCUT2D eigenvalue weighted by Crippen LogP contribution is 1.86. The molecule has 0 aromatic heterocycles. The van der Waals surface area contributed by atoms with E-state index in [2.05, 4.69) is 18.5 Å². The minimum Gasteiger partial charge on any atom is -0.114 e. The highest BCUT2D eigenvalue weighted by Gasteiger charge is 1.33. The third kappa shape index (κ3) is 2.60. The van der Waals surface area contributed by atoms with Crippen LogP contribution in [0.15, 0.2) is 11.6 Å². The first-order valence-corrected chi connectivity index (χ1v) is 2.33. The van der Waals surface area contributed by atoms with Gasteiger partial charge in [-0.3, -0.25) is 0 Å². The molecule has 0 saturated heterocycles. The van der Waals surface area contributed by atoms with Crippen LogP contribution >= 0.6 is 18.5 Å². The first-order chi connectivity index (χ1) is 1.91. The number of hydrogen-bond donors (Lipinski definition) is 0. The van der Waals surface area contributed by atoms with E-state index in [-0.39, 0.29) is 0 Å². The molecule has 0 N–H and O–H groups in total. The van der Waals surface area contributed by atoms with Gasteiger partial charge in [0.1, 0.15) is 0 Å². The van der Waals surface area contributed by atoms with Gasteiger partial charge in [0.25, 0.3) is 0 Å². The Morgan fingerprint density at radius 3 is 1.25 bits per heavy atom. The average Bonchev–Trinajstić information content (AvgIpc) is 1.37. The highest BCUT2D eigenvalue weighted by atomic mass is 31.0. The second kappa shape index (κ2) is 3.60. The van der Waals surface area contributed by atoms with Crippen LogP contribution in [0, 0.1) is 0 Å². The molecule has 0 bridgehead atoms. The van der Waals surface area contributed by atoms with E-state index >= 15 is 0 Å². The molecule has 0 aromatic carbocycles. The molecule has 4 heavy (non-hydrogen) atoms. The zero-order valence-electron chi connectivity index (χ0n) is 2.31. The summed E-state index contributed by atoms with van der Waals surface area (Å²) in [6.07, 6.45) is 0. The fraction of sp³-hybridized carbons (Fsp3) is 0. The SMILES string of the molecule is P/C=C/P. The van der Waals surface area contributed by atoms with Crippen LogP contribution in [0.5, 0.6) is 0 Å². The molecule has 0 rings (SSSR count). The molecule has 0 radical (unpaired) electrons. The molecule has 2 heteroatoms. The van der Waals surface area contributed by atoms with Crippen molar-refractivity contribution in [2.45, 2.75) is 0 Å². The normalized spacial score (nSPS) is 9.50. The van der Waals surface area contributed by atoms with Gasteiger partial charge in [-0.15, -0.1) is 18.5 Å².